The van der Waals surface area contributed by atoms with Gasteiger partial charge in [-0.1, -0.05) is 31.4 Å². The summed E-state index contributed by atoms with van der Waals surface area (Å²) in [6.07, 6.45) is 5.32. The highest BCUT2D eigenvalue weighted by atomic mass is 35.5. The zero-order chi connectivity index (χ0) is 31.3. The van der Waals surface area contributed by atoms with Gasteiger partial charge in [0.15, 0.2) is 0 Å². The minimum absolute atomic E-state index is 0. The van der Waals surface area contributed by atoms with Crippen LogP contribution >= 0.6 is 12.4 Å². The van der Waals surface area contributed by atoms with E-state index in [9.17, 15) is 24.6 Å². The van der Waals surface area contributed by atoms with Crippen LogP contribution in [0.15, 0.2) is 48.5 Å². The Bertz CT molecular complexity index is 1300. The van der Waals surface area contributed by atoms with E-state index in [1.54, 1.807) is 43.1 Å². The fourth-order valence-electron chi connectivity index (χ4n) is 6.90. The lowest BCUT2D eigenvalue weighted by atomic mass is 9.77. The molecule has 2 aromatic rings. The van der Waals surface area contributed by atoms with Gasteiger partial charge >= 0.3 is 0 Å². The fourth-order valence-corrected chi connectivity index (χ4v) is 6.90. The largest absolute Gasteiger partial charge is 0.457 e. The zero-order valence-corrected chi connectivity index (χ0v) is 27.1. The molecule has 1 aliphatic carbocycles. The number of ether oxygens (including phenoxy) is 1. The molecule has 2 atom stereocenters. The lowest BCUT2D eigenvalue weighted by Gasteiger charge is -2.52. The Hall–Kier alpha value is -3.18. The van der Waals surface area contributed by atoms with Crippen LogP contribution in [-0.4, -0.2) is 87.7 Å². The van der Waals surface area contributed by atoms with Crippen molar-refractivity contribution in [3.8, 4) is 11.5 Å². The van der Waals surface area contributed by atoms with Crippen LogP contribution < -0.4 is 15.4 Å². The first-order valence-corrected chi connectivity index (χ1v) is 15.9. The quantitative estimate of drug-likeness (QED) is 0.310. The molecule has 1 unspecified atom stereocenters. The number of piperidine rings is 1. The lowest BCUT2D eigenvalue weighted by molar-refractivity contribution is -0.164. The Labute approximate surface area is 271 Å². The number of nitrogens with one attached hydrogen (secondary N) is 2. The average molecular weight is 643 g/mol. The SMILES string of the molecule is CNC(=O)c1ccc(Oc2ccc(CN3CCC4(CC3)C(=O)N[C@H](CC3(O)CCCCC3)C(=O)N4CCC(C)O)cc2)cc1.Cl. The van der Waals surface area contributed by atoms with Crippen molar-refractivity contribution in [3.05, 3.63) is 59.7 Å². The van der Waals surface area contributed by atoms with E-state index in [4.69, 9.17) is 4.74 Å². The maximum absolute atomic E-state index is 13.8. The second kappa shape index (κ2) is 14.9. The van der Waals surface area contributed by atoms with Crippen molar-refractivity contribution in [2.45, 2.75) is 94.5 Å². The van der Waals surface area contributed by atoms with E-state index < -0.39 is 23.3 Å². The lowest BCUT2D eigenvalue weighted by Crippen LogP contribution is -2.73. The van der Waals surface area contributed by atoms with Gasteiger partial charge < -0.3 is 30.5 Å². The highest BCUT2D eigenvalue weighted by molar-refractivity contribution is 6.00. The van der Waals surface area contributed by atoms with Crippen molar-refractivity contribution in [1.82, 2.24) is 20.4 Å². The molecule has 0 bridgehead atoms. The molecule has 11 heteroatoms. The predicted octanol–water partition coefficient (Wildman–Crippen LogP) is 3.78. The summed E-state index contributed by atoms with van der Waals surface area (Å²) in [5, 5.41) is 26.8. The van der Waals surface area contributed by atoms with Crippen LogP contribution in [0.5, 0.6) is 11.5 Å². The number of hydrogen-bond donors (Lipinski definition) is 4. The molecule has 2 aromatic carbocycles. The molecule has 45 heavy (non-hydrogen) atoms. The smallest absolute Gasteiger partial charge is 0.251 e. The van der Waals surface area contributed by atoms with Gasteiger partial charge in [-0.3, -0.25) is 19.3 Å². The molecule has 1 saturated carbocycles. The van der Waals surface area contributed by atoms with E-state index in [0.717, 1.165) is 24.8 Å². The summed E-state index contributed by atoms with van der Waals surface area (Å²) >= 11 is 0. The van der Waals surface area contributed by atoms with Gasteiger partial charge in [0, 0.05) is 45.2 Å². The third-order valence-corrected chi connectivity index (χ3v) is 9.54. The van der Waals surface area contributed by atoms with Gasteiger partial charge in [0.1, 0.15) is 23.1 Å². The summed E-state index contributed by atoms with van der Waals surface area (Å²) in [5.41, 5.74) is -0.191. The number of carbonyl (C=O) groups is 3. The molecule has 4 N–H and O–H groups in total. The molecule has 2 aliphatic heterocycles. The van der Waals surface area contributed by atoms with E-state index in [1.807, 2.05) is 24.3 Å². The molecule has 1 spiro atoms. The summed E-state index contributed by atoms with van der Waals surface area (Å²) in [6.45, 7) is 4.02. The minimum Gasteiger partial charge on any atom is -0.457 e. The van der Waals surface area contributed by atoms with E-state index in [2.05, 4.69) is 15.5 Å². The maximum atomic E-state index is 13.8. The number of nitrogens with zero attached hydrogens (tertiary/aromatic N) is 2. The van der Waals surface area contributed by atoms with Gasteiger partial charge in [0.05, 0.1) is 11.7 Å². The van der Waals surface area contributed by atoms with Crippen LogP contribution in [0.2, 0.25) is 0 Å². The first-order chi connectivity index (χ1) is 21.1. The Kier molecular flexibility index (Phi) is 11.5. The van der Waals surface area contributed by atoms with Crippen LogP contribution in [0, 0.1) is 0 Å². The second-order valence-electron chi connectivity index (χ2n) is 12.8. The number of aliphatic hydroxyl groups is 2. The van der Waals surface area contributed by atoms with Crippen molar-refractivity contribution in [1.29, 1.82) is 0 Å². The Morgan fingerprint density at radius 3 is 2.18 bits per heavy atom. The standard InChI is InChI=1S/C34H46N4O6.ClH/c1-24(39)14-19-38-31(41)29(22-33(43)15-4-3-5-16-33)36-32(42)34(38)17-20-37(21-18-34)23-25-6-10-27(11-7-25)44-28-12-8-26(9-13-28)30(40)35-2;/h6-13,24,29,39,43H,3-5,14-23H2,1-2H3,(H,35,40)(H,36,42);1H/t24?,29-;/m1./s1. The number of piperazine rings is 1. The van der Waals surface area contributed by atoms with E-state index in [-0.39, 0.29) is 36.5 Å². The monoisotopic (exact) mass is 642 g/mol. The van der Waals surface area contributed by atoms with Crippen molar-refractivity contribution in [3.63, 3.8) is 0 Å². The summed E-state index contributed by atoms with van der Waals surface area (Å²) in [5.74, 6) is 0.902. The molecule has 5 rings (SSSR count). The molecular formula is C34H47ClN4O6. The molecular weight excluding hydrogens is 596 g/mol. The molecule has 2 saturated heterocycles. The minimum atomic E-state index is -0.945. The van der Waals surface area contributed by atoms with E-state index in [0.29, 0.717) is 75.3 Å². The zero-order valence-electron chi connectivity index (χ0n) is 26.3. The number of amides is 3. The first-order valence-electron chi connectivity index (χ1n) is 15.9. The Morgan fingerprint density at radius 1 is 1.00 bits per heavy atom. The van der Waals surface area contributed by atoms with Crippen LogP contribution in [0.4, 0.5) is 0 Å². The molecule has 3 aliphatic rings. The number of carbonyl (C=O) groups excluding carboxylic acids is 3. The highest BCUT2D eigenvalue weighted by Crippen LogP contribution is 2.38. The van der Waals surface area contributed by atoms with Gasteiger partial charge in [0.25, 0.3) is 5.91 Å². The van der Waals surface area contributed by atoms with E-state index >= 15 is 0 Å². The normalized spacial score (nSPS) is 21.9. The summed E-state index contributed by atoms with van der Waals surface area (Å²) < 4.78 is 5.94. The van der Waals surface area contributed by atoms with Gasteiger partial charge in [-0.25, -0.2) is 0 Å². The van der Waals surface area contributed by atoms with Crippen LogP contribution in [0.25, 0.3) is 0 Å². The average Bonchev–Trinajstić information content (AvgIpc) is 3.02. The molecule has 3 fully saturated rings. The molecule has 2 heterocycles. The predicted molar refractivity (Wildman–Crippen MR) is 173 cm³/mol. The number of aliphatic hydroxyl groups excluding tert-OH is 1. The molecule has 246 valence electrons. The number of hydrogen-bond acceptors (Lipinski definition) is 7. The third-order valence-electron chi connectivity index (χ3n) is 9.54. The summed E-state index contributed by atoms with van der Waals surface area (Å²) in [6, 6.07) is 14.1. The maximum Gasteiger partial charge on any atom is 0.251 e. The van der Waals surface area contributed by atoms with Gasteiger partial charge in [-0.15, -0.1) is 12.4 Å². The topological polar surface area (TPSA) is 131 Å². The van der Waals surface area contributed by atoms with Gasteiger partial charge in [0.2, 0.25) is 11.8 Å². The molecule has 10 nitrogen and oxygen atoms in total. The van der Waals surface area contributed by atoms with Gasteiger partial charge in [-0.05, 0) is 81.0 Å². The Morgan fingerprint density at radius 2 is 1.60 bits per heavy atom. The third kappa shape index (κ3) is 8.16. The molecule has 3 amide bonds. The van der Waals surface area contributed by atoms with Crippen molar-refractivity contribution in [2.75, 3.05) is 26.7 Å². The summed E-state index contributed by atoms with van der Waals surface area (Å²) in [4.78, 5) is 43.4. The van der Waals surface area contributed by atoms with Crippen LogP contribution in [0.1, 0.15) is 80.6 Å². The van der Waals surface area contributed by atoms with E-state index in [1.165, 1.54) is 0 Å². The highest BCUT2D eigenvalue weighted by Gasteiger charge is 2.54. The van der Waals surface area contributed by atoms with Crippen molar-refractivity contribution in [2.24, 2.45) is 0 Å². The number of rotatable bonds is 10. The second-order valence-corrected chi connectivity index (χ2v) is 12.8. The number of likely N-dealkylation sites (tertiary alicyclic amines) is 1. The number of benzene rings is 2. The number of halogens is 1. The van der Waals surface area contributed by atoms with Crippen molar-refractivity contribution < 1.29 is 29.3 Å². The molecule has 0 radical (unpaired) electrons. The summed E-state index contributed by atoms with van der Waals surface area (Å²) in [7, 11) is 1.60. The Balaban J connectivity index is 0.00000461. The van der Waals surface area contributed by atoms with Gasteiger partial charge in [-0.2, -0.15) is 0 Å². The van der Waals surface area contributed by atoms with Crippen LogP contribution in [-0.2, 0) is 16.1 Å². The van der Waals surface area contributed by atoms with Crippen molar-refractivity contribution >= 4 is 30.1 Å². The molecule has 0 aromatic heterocycles. The first kappa shape index (κ1) is 34.7. The van der Waals surface area contributed by atoms with Crippen LogP contribution in [0.3, 0.4) is 0 Å². The fraction of sp³-hybridized carbons (Fsp3) is 0.559.